The molecule has 2 aromatic heterocycles. The smallest absolute Gasteiger partial charge is 0.226 e. The van der Waals surface area contributed by atoms with Crippen molar-refractivity contribution in [2.24, 2.45) is 0 Å². The summed E-state index contributed by atoms with van der Waals surface area (Å²) in [7, 11) is 0. The van der Waals surface area contributed by atoms with Crippen LogP contribution in [0, 0.1) is 0 Å². The third-order valence-electron chi connectivity index (χ3n) is 2.90. The molecule has 0 aliphatic carbocycles. The van der Waals surface area contributed by atoms with Gasteiger partial charge in [0.05, 0.1) is 29.9 Å². The van der Waals surface area contributed by atoms with E-state index in [9.17, 15) is 9.90 Å². The second-order valence-corrected chi connectivity index (χ2v) is 6.76. The number of hydrogen-bond acceptors (Lipinski definition) is 5. The molecule has 0 radical (unpaired) electrons. The Kier molecular flexibility index (Phi) is 4.80. The van der Waals surface area contributed by atoms with Crippen LogP contribution in [-0.2, 0) is 16.6 Å². The molecule has 1 atom stereocenters. The van der Waals surface area contributed by atoms with E-state index in [1.54, 1.807) is 23.5 Å². The van der Waals surface area contributed by atoms with Crippen LogP contribution in [0.1, 0.15) is 43.3 Å². The van der Waals surface area contributed by atoms with Gasteiger partial charge in [-0.05, 0) is 12.1 Å². The van der Waals surface area contributed by atoms with Gasteiger partial charge in [0.2, 0.25) is 5.91 Å². The quantitative estimate of drug-likeness (QED) is 0.889. The normalized spacial score (nSPS) is 13.1. The summed E-state index contributed by atoms with van der Waals surface area (Å²) in [5.41, 5.74) is 0.754. The summed E-state index contributed by atoms with van der Waals surface area (Å²) in [4.78, 5) is 16.3. The number of nitrogens with one attached hydrogen (secondary N) is 1. The fraction of sp³-hybridized carbons (Fsp3) is 0.467. The summed E-state index contributed by atoms with van der Waals surface area (Å²) >= 11 is 1.57. The summed E-state index contributed by atoms with van der Waals surface area (Å²) in [6, 6.07) is 3.37. The Balaban J connectivity index is 1.83. The molecule has 0 saturated heterocycles. The maximum atomic E-state index is 11.9. The molecule has 1 unspecified atom stereocenters. The number of carbonyl (C=O) groups excluding carboxylic acids is 1. The predicted octanol–water partition coefficient (Wildman–Crippen LogP) is 2.43. The molecule has 0 bridgehead atoms. The number of furan rings is 1. The molecule has 2 rings (SSSR count). The van der Waals surface area contributed by atoms with Gasteiger partial charge in [-0.3, -0.25) is 4.79 Å². The van der Waals surface area contributed by atoms with Gasteiger partial charge in [0, 0.05) is 10.8 Å². The molecule has 1 amide bonds. The van der Waals surface area contributed by atoms with Crippen LogP contribution in [0.25, 0.3) is 0 Å². The van der Waals surface area contributed by atoms with Gasteiger partial charge in [-0.15, -0.1) is 11.3 Å². The largest absolute Gasteiger partial charge is 0.467 e. The fourth-order valence-corrected chi connectivity index (χ4v) is 2.66. The molecule has 21 heavy (non-hydrogen) atoms. The number of aromatic nitrogens is 1. The molecule has 0 saturated carbocycles. The Morgan fingerprint density at radius 3 is 2.86 bits per heavy atom. The van der Waals surface area contributed by atoms with E-state index in [0.717, 1.165) is 10.7 Å². The molecule has 0 fully saturated rings. The van der Waals surface area contributed by atoms with Crippen LogP contribution in [0.3, 0.4) is 0 Å². The van der Waals surface area contributed by atoms with Crippen LogP contribution in [0.4, 0.5) is 0 Å². The standard InChI is InChI=1S/C15H20N2O3S/c1-15(2,3)14-17-10(9-21-14)7-13(19)16-8-11(18)12-5-4-6-20-12/h4-6,9,11,18H,7-8H2,1-3H3,(H,16,19). The van der Waals surface area contributed by atoms with Crippen LogP contribution in [-0.4, -0.2) is 22.5 Å². The first-order valence-corrected chi connectivity index (χ1v) is 7.67. The molecule has 2 heterocycles. The molecule has 0 spiro atoms. The van der Waals surface area contributed by atoms with Crippen LogP contribution in [0.15, 0.2) is 28.2 Å². The summed E-state index contributed by atoms with van der Waals surface area (Å²) in [5, 5.41) is 15.4. The fourth-order valence-electron chi connectivity index (χ4n) is 1.75. The highest BCUT2D eigenvalue weighted by atomic mass is 32.1. The van der Waals surface area contributed by atoms with E-state index in [-0.39, 0.29) is 24.3 Å². The minimum atomic E-state index is -0.829. The SMILES string of the molecule is CC(C)(C)c1nc(CC(=O)NCC(O)c2ccco2)cs1. The van der Waals surface area contributed by atoms with E-state index in [1.807, 2.05) is 5.38 Å². The molecular formula is C15H20N2O3S. The Morgan fingerprint density at radius 1 is 1.52 bits per heavy atom. The van der Waals surface area contributed by atoms with Crippen molar-refractivity contribution in [1.82, 2.24) is 10.3 Å². The van der Waals surface area contributed by atoms with E-state index in [2.05, 4.69) is 31.1 Å². The average molecular weight is 308 g/mol. The Morgan fingerprint density at radius 2 is 2.29 bits per heavy atom. The number of hydrogen-bond donors (Lipinski definition) is 2. The van der Waals surface area contributed by atoms with Crippen molar-refractivity contribution in [2.75, 3.05) is 6.54 Å². The van der Waals surface area contributed by atoms with Crippen molar-refractivity contribution in [3.63, 3.8) is 0 Å². The minimum absolute atomic E-state index is 0.00509. The lowest BCUT2D eigenvalue weighted by molar-refractivity contribution is -0.121. The zero-order chi connectivity index (χ0) is 15.5. The maximum Gasteiger partial charge on any atom is 0.226 e. The number of aliphatic hydroxyl groups excluding tert-OH is 1. The maximum absolute atomic E-state index is 11.9. The monoisotopic (exact) mass is 308 g/mol. The molecule has 6 heteroatoms. The minimum Gasteiger partial charge on any atom is -0.467 e. The van der Waals surface area contributed by atoms with Gasteiger partial charge in [0.15, 0.2) is 0 Å². The predicted molar refractivity (Wildman–Crippen MR) is 81.2 cm³/mol. The van der Waals surface area contributed by atoms with Gasteiger partial charge in [-0.2, -0.15) is 0 Å². The first-order valence-electron chi connectivity index (χ1n) is 6.79. The van der Waals surface area contributed by atoms with Crippen molar-refractivity contribution < 1.29 is 14.3 Å². The molecule has 0 aromatic carbocycles. The lowest BCUT2D eigenvalue weighted by Gasteiger charge is -2.13. The molecular weight excluding hydrogens is 288 g/mol. The molecule has 2 aromatic rings. The molecule has 5 nitrogen and oxygen atoms in total. The first kappa shape index (κ1) is 15.7. The number of carbonyl (C=O) groups is 1. The lowest BCUT2D eigenvalue weighted by Crippen LogP contribution is -2.29. The van der Waals surface area contributed by atoms with Crippen molar-refractivity contribution in [3.05, 3.63) is 40.2 Å². The lowest BCUT2D eigenvalue weighted by atomic mass is 9.98. The van der Waals surface area contributed by atoms with Gasteiger partial charge >= 0.3 is 0 Å². The van der Waals surface area contributed by atoms with E-state index in [1.165, 1.54) is 6.26 Å². The van der Waals surface area contributed by atoms with E-state index in [0.29, 0.717) is 5.76 Å². The molecule has 0 aliphatic rings. The van der Waals surface area contributed by atoms with Crippen LogP contribution in [0.5, 0.6) is 0 Å². The Bertz CT molecular complexity index is 584. The van der Waals surface area contributed by atoms with Gasteiger partial charge in [0.25, 0.3) is 0 Å². The van der Waals surface area contributed by atoms with Crippen LogP contribution >= 0.6 is 11.3 Å². The van der Waals surface area contributed by atoms with Crippen molar-refractivity contribution >= 4 is 17.2 Å². The van der Waals surface area contributed by atoms with E-state index < -0.39 is 6.10 Å². The number of amides is 1. The third-order valence-corrected chi connectivity index (χ3v) is 4.22. The summed E-state index contributed by atoms with van der Waals surface area (Å²) in [5.74, 6) is 0.283. The summed E-state index contributed by atoms with van der Waals surface area (Å²) < 4.78 is 5.07. The van der Waals surface area contributed by atoms with Crippen molar-refractivity contribution in [1.29, 1.82) is 0 Å². The third kappa shape index (κ3) is 4.41. The van der Waals surface area contributed by atoms with E-state index in [4.69, 9.17) is 4.42 Å². The summed E-state index contributed by atoms with van der Waals surface area (Å²) in [6.45, 7) is 6.41. The number of nitrogens with zero attached hydrogens (tertiary/aromatic N) is 1. The van der Waals surface area contributed by atoms with Crippen LogP contribution in [0.2, 0.25) is 0 Å². The van der Waals surface area contributed by atoms with Gasteiger partial charge in [-0.1, -0.05) is 20.8 Å². The number of thiazole rings is 1. The van der Waals surface area contributed by atoms with Gasteiger partial charge < -0.3 is 14.8 Å². The van der Waals surface area contributed by atoms with Crippen molar-refractivity contribution in [2.45, 2.75) is 38.7 Å². The van der Waals surface area contributed by atoms with Crippen LogP contribution < -0.4 is 5.32 Å². The second-order valence-electron chi connectivity index (χ2n) is 5.91. The highest BCUT2D eigenvalue weighted by molar-refractivity contribution is 7.09. The highest BCUT2D eigenvalue weighted by Crippen LogP contribution is 2.25. The number of aliphatic hydroxyl groups is 1. The topological polar surface area (TPSA) is 75.4 Å². The van der Waals surface area contributed by atoms with Crippen molar-refractivity contribution in [3.8, 4) is 0 Å². The zero-order valence-corrected chi connectivity index (χ0v) is 13.2. The Labute approximate surface area is 128 Å². The summed E-state index contributed by atoms with van der Waals surface area (Å²) in [6.07, 6.45) is 0.880. The molecule has 0 aliphatic heterocycles. The van der Waals surface area contributed by atoms with Gasteiger partial charge in [-0.25, -0.2) is 4.98 Å². The second kappa shape index (κ2) is 6.41. The number of rotatable bonds is 5. The zero-order valence-electron chi connectivity index (χ0n) is 12.4. The first-order chi connectivity index (χ1) is 9.86. The molecule has 2 N–H and O–H groups in total. The Hall–Kier alpha value is -1.66. The average Bonchev–Trinajstić information content (AvgIpc) is 3.05. The molecule has 114 valence electrons. The van der Waals surface area contributed by atoms with E-state index >= 15 is 0 Å². The highest BCUT2D eigenvalue weighted by Gasteiger charge is 2.19. The van der Waals surface area contributed by atoms with Gasteiger partial charge in [0.1, 0.15) is 11.9 Å².